The highest BCUT2D eigenvalue weighted by atomic mass is 32.1. The minimum absolute atomic E-state index is 0.637. The summed E-state index contributed by atoms with van der Waals surface area (Å²) in [5, 5.41) is 0. The van der Waals surface area contributed by atoms with Gasteiger partial charge >= 0.3 is 0 Å². The van der Waals surface area contributed by atoms with Crippen LogP contribution >= 0.6 is 12.2 Å². The van der Waals surface area contributed by atoms with Crippen molar-refractivity contribution in [1.82, 2.24) is 9.55 Å². The van der Waals surface area contributed by atoms with Crippen molar-refractivity contribution in [3.63, 3.8) is 0 Å². The van der Waals surface area contributed by atoms with Crippen LogP contribution in [0.1, 0.15) is 44.3 Å². The number of aryl methyl sites for hydroxylation is 1. The lowest BCUT2D eigenvalue weighted by Crippen LogP contribution is -2.18. The molecular weight excluding hydrogens is 192 g/mol. The lowest BCUT2D eigenvalue weighted by molar-refractivity contribution is 0.278. The molecule has 2 rings (SSSR count). The number of aromatic amines is 1. The first-order chi connectivity index (χ1) is 6.68. The van der Waals surface area contributed by atoms with Gasteiger partial charge in [-0.1, -0.05) is 19.8 Å². The van der Waals surface area contributed by atoms with E-state index >= 15 is 0 Å². The lowest BCUT2D eigenvalue weighted by atomic mass is 9.87. The van der Waals surface area contributed by atoms with Gasteiger partial charge in [-0.3, -0.25) is 0 Å². The molecule has 78 valence electrons. The van der Waals surface area contributed by atoms with Crippen molar-refractivity contribution in [3.05, 3.63) is 16.7 Å². The maximum atomic E-state index is 5.30. The first-order valence-corrected chi connectivity index (χ1v) is 5.86. The molecule has 0 radical (unpaired) electrons. The van der Waals surface area contributed by atoms with Crippen LogP contribution in [0.2, 0.25) is 0 Å². The number of nitrogens with one attached hydrogen (secondary N) is 1. The van der Waals surface area contributed by atoms with Crippen LogP contribution in [-0.2, 0) is 0 Å². The number of nitrogens with zero attached hydrogens (tertiary/aromatic N) is 1. The van der Waals surface area contributed by atoms with Crippen LogP contribution in [0.3, 0.4) is 0 Å². The Kier molecular flexibility index (Phi) is 2.77. The summed E-state index contributed by atoms with van der Waals surface area (Å²) < 4.78 is 3.19. The van der Waals surface area contributed by atoms with Gasteiger partial charge in [0.05, 0.1) is 0 Å². The third-order valence-corrected chi connectivity index (χ3v) is 3.59. The van der Waals surface area contributed by atoms with Crippen LogP contribution in [0.25, 0.3) is 0 Å². The van der Waals surface area contributed by atoms with E-state index in [4.69, 9.17) is 12.2 Å². The minimum atomic E-state index is 0.637. The van der Waals surface area contributed by atoms with Crippen molar-refractivity contribution in [3.8, 4) is 0 Å². The summed E-state index contributed by atoms with van der Waals surface area (Å²) >= 11 is 5.30. The van der Waals surface area contributed by atoms with Gasteiger partial charge in [-0.25, -0.2) is 0 Å². The zero-order valence-corrected chi connectivity index (χ0v) is 9.73. The Bertz CT molecular complexity index is 364. The number of rotatable bonds is 1. The first kappa shape index (κ1) is 9.97. The van der Waals surface area contributed by atoms with Gasteiger partial charge in [-0.05, 0) is 37.9 Å². The van der Waals surface area contributed by atoms with Crippen molar-refractivity contribution in [2.45, 2.75) is 45.6 Å². The zero-order chi connectivity index (χ0) is 10.1. The quantitative estimate of drug-likeness (QED) is 0.702. The van der Waals surface area contributed by atoms with Crippen molar-refractivity contribution in [2.75, 3.05) is 0 Å². The Morgan fingerprint density at radius 2 is 2.29 bits per heavy atom. The third kappa shape index (κ3) is 1.78. The molecule has 3 heteroatoms. The molecule has 0 saturated heterocycles. The molecule has 0 aliphatic heterocycles. The molecule has 0 aromatic carbocycles. The van der Waals surface area contributed by atoms with Gasteiger partial charge in [0.15, 0.2) is 4.77 Å². The molecule has 1 saturated carbocycles. The molecule has 1 aromatic heterocycles. The van der Waals surface area contributed by atoms with Gasteiger partial charge in [0.1, 0.15) is 0 Å². The summed E-state index contributed by atoms with van der Waals surface area (Å²) in [7, 11) is 0. The fraction of sp³-hybridized carbons (Fsp3) is 0.727. The number of hydrogen-bond donors (Lipinski definition) is 1. The fourth-order valence-corrected chi connectivity index (χ4v) is 2.91. The van der Waals surface area contributed by atoms with Gasteiger partial charge in [-0.2, -0.15) is 0 Å². The standard InChI is InChI=1S/C11H18N2S/c1-8-4-3-5-10(6-8)13-9(2)7-12-11(13)14/h7-8,10H,3-6H2,1-2H3,(H,12,14). The van der Waals surface area contributed by atoms with E-state index in [-0.39, 0.29) is 0 Å². The number of hydrogen-bond acceptors (Lipinski definition) is 1. The minimum Gasteiger partial charge on any atom is -0.337 e. The topological polar surface area (TPSA) is 20.7 Å². The number of imidazole rings is 1. The Balaban J connectivity index is 2.26. The molecule has 1 aliphatic carbocycles. The Morgan fingerprint density at radius 1 is 1.50 bits per heavy atom. The van der Waals surface area contributed by atoms with E-state index < -0.39 is 0 Å². The summed E-state index contributed by atoms with van der Waals surface area (Å²) in [6.07, 6.45) is 7.32. The predicted molar refractivity (Wildman–Crippen MR) is 61.0 cm³/mol. The average molecular weight is 210 g/mol. The highest BCUT2D eigenvalue weighted by Crippen LogP contribution is 2.32. The first-order valence-electron chi connectivity index (χ1n) is 5.45. The molecule has 0 bridgehead atoms. The number of aromatic nitrogens is 2. The van der Waals surface area contributed by atoms with E-state index in [1.165, 1.54) is 31.4 Å². The van der Waals surface area contributed by atoms with Crippen LogP contribution in [-0.4, -0.2) is 9.55 Å². The maximum Gasteiger partial charge on any atom is 0.177 e. The molecule has 1 aliphatic rings. The summed E-state index contributed by atoms with van der Waals surface area (Å²) in [4.78, 5) is 3.13. The molecule has 1 fully saturated rings. The second-order valence-corrected chi connectivity index (χ2v) is 4.92. The van der Waals surface area contributed by atoms with Gasteiger partial charge in [0, 0.05) is 17.9 Å². The van der Waals surface area contributed by atoms with Gasteiger partial charge in [0.2, 0.25) is 0 Å². The van der Waals surface area contributed by atoms with E-state index in [2.05, 4.69) is 23.4 Å². The van der Waals surface area contributed by atoms with Gasteiger partial charge < -0.3 is 9.55 Å². The summed E-state index contributed by atoms with van der Waals surface area (Å²) in [6, 6.07) is 0.637. The van der Waals surface area contributed by atoms with E-state index in [1.807, 2.05) is 6.20 Å². The highest BCUT2D eigenvalue weighted by molar-refractivity contribution is 7.71. The average Bonchev–Trinajstić information content (AvgIpc) is 2.46. The molecule has 2 unspecified atom stereocenters. The Labute approximate surface area is 90.3 Å². The van der Waals surface area contributed by atoms with Crippen molar-refractivity contribution < 1.29 is 0 Å². The molecular formula is C11H18N2S. The van der Waals surface area contributed by atoms with Crippen LogP contribution < -0.4 is 0 Å². The molecule has 0 amide bonds. The van der Waals surface area contributed by atoms with Crippen LogP contribution in [0.4, 0.5) is 0 Å². The second kappa shape index (κ2) is 3.89. The van der Waals surface area contributed by atoms with Gasteiger partial charge in [-0.15, -0.1) is 0 Å². The molecule has 14 heavy (non-hydrogen) atoms. The summed E-state index contributed by atoms with van der Waals surface area (Å²) in [6.45, 7) is 4.48. The molecule has 2 atom stereocenters. The molecule has 0 spiro atoms. The Hall–Kier alpha value is -0.570. The van der Waals surface area contributed by atoms with Crippen LogP contribution in [0.5, 0.6) is 0 Å². The maximum absolute atomic E-state index is 5.30. The van der Waals surface area contributed by atoms with Crippen molar-refractivity contribution in [2.24, 2.45) is 5.92 Å². The normalized spacial score (nSPS) is 27.9. The monoisotopic (exact) mass is 210 g/mol. The van der Waals surface area contributed by atoms with Gasteiger partial charge in [0.25, 0.3) is 0 Å². The lowest BCUT2D eigenvalue weighted by Gasteiger charge is -2.28. The van der Waals surface area contributed by atoms with E-state index in [0.29, 0.717) is 6.04 Å². The zero-order valence-electron chi connectivity index (χ0n) is 8.92. The summed E-state index contributed by atoms with van der Waals surface area (Å²) in [5.41, 5.74) is 1.27. The Morgan fingerprint density at radius 3 is 2.86 bits per heavy atom. The largest absolute Gasteiger partial charge is 0.337 e. The predicted octanol–water partition coefficient (Wildman–Crippen LogP) is 3.61. The third-order valence-electron chi connectivity index (χ3n) is 3.28. The molecule has 2 nitrogen and oxygen atoms in total. The van der Waals surface area contributed by atoms with Crippen molar-refractivity contribution >= 4 is 12.2 Å². The second-order valence-electron chi connectivity index (χ2n) is 4.53. The van der Waals surface area contributed by atoms with E-state index in [9.17, 15) is 0 Å². The van der Waals surface area contributed by atoms with E-state index in [1.54, 1.807) is 0 Å². The smallest absolute Gasteiger partial charge is 0.177 e. The molecule has 1 heterocycles. The molecule has 1 aromatic rings. The van der Waals surface area contributed by atoms with E-state index in [0.717, 1.165) is 10.7 Å². The fourth-order valence-electron chi connectivity index (χ4n) is 2.56. The van der Waals surface area contributed by atoms with Crippen LogP contribution in [0.15, 0.2) is 6.20 Å². The van der Waals surface area contributed by atoms with Crippen molar-refractivity contribution in [1.29, 1.82) is 0 Å². The highest BCUT2D eigenvalue weighted by Gasteiger charge is 2.21. The summed E-state index contributed by atoms with van der Waals surface area (Å²) in [5.74, 6) is 0.852. The number of H-pyrrole nitrogens is 1. The molecule has 1 N–H and O–H groups in total. The van der Waals surface area contributed by atoms with Crippen LogP contribution in [0, 0.1) is 17.6 Å². The SMILES string of the molecule is Cc1c[nH]c(=S)n1C1CCCC(C)C1.